The Morgan fingerprint density at radius 3 is 2.31 bits per heavy atom. The van der Waals surface area contributed by atoms with Crippen LogP contribution >= 0.6 is 11.3 Å². The molecule has 1 aliphatic heterocycles. The lowest BCUT2D eigenvalue weighted by atomic mass is 9.95. The highest BCUT2D eigenvalue weighted by molar-refractivity contribution is 7.22. The smallest absolute Gasteiger partial charge is 0.301 e. The van der Waals surface area contributed by atoms with Crippen molar-refractivity contribution in [2.45, 2.75) is 6.04 Å². The predicted octanol–water partition coefficient (Wildman–Crippen LogP) is 5.11. The van der Waals surface area contributed by atoms with Crippen LogP contribution < -0.4 is 4.90 Å². The van der Waals surface area contributed by atoms with E-state index in [4.69, 9.17) is 0 Å². The fraction of sp³-hybridized carbons (Fsp3) is 0.0417. The second-order valence-electron chi connectivity index (χ2n) is 7.63. The van der Waals surface area contributed by atoms with Gasteiger partial charge in [0.05, 0.1) is 26.8 Å². The molecule has 8 nitrogen and oxygen atoms in total. The summed E-state index contributed by atoms with van der Waals surface area (Å²) in [7, 11) is 0. The van der Waals surface area contributed by atoms with Crippen LogP contribution in [0.25, 0.3) is 16.0 Å². The summed E-state index contributed by atoms with van der Waals surface area (Å²) >= 11 is 0.972. The Labute approximate surface area is 199 Å². The molecule has 0 spiro atoms. The van der Waals surface area contributed by atoms with E-state index in [1.54, 1.807) is 0 Å². The molecule has 5 rings (SSSR count). The number of halogens is 2. The second kappa shape index (κ2) is 8.37. The number of hydrogen-bond acceptors (Lipinski definition) is 7. The molecule has 11 heteroatoms. The monoisotopic (exact) mass is 493 g/mol. The van der Waals surface area contributed by atoms with E-state index in [1.807, 2.05) is 0 Å². The zero-order valence-corrected chi connectivity index (χ0v) is 18.3. The van der Waals surface area contributed by atoms with E-state index in [-0.39, 0.29) is 22.0 Å². The molecule has 1 aliphatic rings. The van der Waals surface area contributed by atoms with E-state index < -0.39 is 40.0 Å². The number of rotatable bonds is 4. The van der Waals surface area contributed by atoms with E-state index >= 15 is 0 Å². The summed E-state index contributed by atoms with van der Waals surface area (Å²) in [6.07, 6.45) is 0. The van der Waals surface area contributed by atoms with Crippen LogP contribution in [0, 0.1) is 21.7 Å². The number of nitrogens with zero attached hydrogens (tertiary/aromatic N) is 3. The SMILES string of the molecule is O=C1C(=O)N(c2nc3ccc(F)cc3s2)[C@H](c2ccc([N+](=O)[O-])cc2)/C1=C(\O)c1ccc(F)cc1. The normalized spacial score (nSPS) is 17.3. The van der Waals surface area contributed by atoms with Crippen molar-refractivity contribution in [3.05, 3.63) is 105 Å². The number of hydrogen-bond donors (Lipinski definition) is 1. The molecule has 2 heterocycles. The van der Waals surface area contributed by atoms with Crippen LogP contribution in [0.15, 0.2) is 72.3 Å². The molecule has 1 aromatic heterocycles. The van der Waals surface area contributed by atoms with Gasteiger partial charge in [-0.25, -0.2) is 13.8 Å². The minimum absolute atomic E-state index is 0.0780. The highest BCUT2D eigenvalue weighted by Crippen LogP contribution is 2.44. The van der Waals surface area contributed by atoms with Gasteiger partial charge in [0.1, 0.15) is 17.4 Å². The highest BCUT2D eigenvalue weighted by Gasteiger charge is 2.48. The lowest BCUT2D eigenvalue weighted by Crippen LogP contribution is -2.29. The molecule has 0 bridgehead atoms. The molecule has 1 atom stereocenters. The number of non-ortho nitro benzene ring substituents is 1. The number of anilines is 1. The van der Waals surface area contributed by atoms with Gasteiger partial charge < -0.3 is 5.11 Å². The molecule has 0 unspecified atom stereocenters. The Hall–Kier alpha value is -4.51. The maximum atomic E-state index is 13.7. The summed E-state index contributed by atoms with van der Waals surface area (Å²) in [5.74, 6) is -3.60. The summed E-state index contributed by atoms with van der Waals surface area (Å²) in [5.41, 5.74) is 0.293. The number of nitro benzene ring substituents is 1. The third-order valence-corrected chi connectivity index (χ3v) is 6.54. The van der Waals surface area contributed by atoms with Crippen LogP contribution in [-0.4, -0.2) is 26.7 Å². The number of benzene rings is 3. The largest absolute Gasteiger partial charge is 0.507 e. The zero-order chi connectivity index (χ0) is 24.9. The summed E-state index contributed by atoms with van der Waals surface area (Å²) < 4.78 is 27.6. The van der Waals surface area contributed by atoms with Gasteiger partial charge in [-0.2, -0.15) is 0 Å². The molecule has 174 valence electrons. The number of fused-ring (bicyclic) bond motifs is 1. The third-order valence-electron chi connectivity index (χ3n) is 5.53. The standard InChI is InChI=1S/C24H13F2N3O5S/c25-14-5-1-13(2-6-14)21(30)19-20(12-3-8-16(9-4-12)29(33)34)28(23(32)22(19)31)24-27-17-10-7-15(26)11-18(17)35-24/h1-11,20,30H/b21-19+/t20-/m1/s1. The maximum Gasteiger partial charge on any atom is 0.301 e. The van der Waals surface area contributed by atoms with Crippen molar-refractivity contribution < 1.29 is 28.4 Å². The van der Waals surface area contributed by atoms with Crippen LogP contribution in [-0.2, 0) is 9.59 Å². The Morgan fingerprint density at radius 2 is 1.66 bits per heavy atom. The number of aliphatic hydroxyl groups is 1. The number of carbonyl (C=O) groups is 2. The average Bonchev–Trinajstić information content (AvgIpc) is 3.37. The molecule has 3 aromatic carbocycles. The number of aliphatic hydroxyl groups excluding tert-OH is 1. The number of amides is 1. The molecule has 1 saturated heterocycles. The van der Waals surface area contributed by atoms with Gasteiger partial charge in [-0.05, 0) is 60.2 Å². The third kappa shape index (κ3) is 3.81. The van der Waals surface area contributed by atoms with Gasteiger partial charge in [-0.3, -0.25) is 24.6 Å². The minimum atomic E-state index is -1.19. The van der Waals surface area contributed by atoms with Crippen molar-refractivity contribution in [2.24, 2.45) is 0 Å². The quantitative estimate of drug-likeness (QED) is 0.139. The summed E-state index contributed by atoms with van der Waals surface area (Å²) in [6, 6.07) is 12.5. The number of Topliss-reactive ketones (excluding diaryl/α,β-unsaturated/α-hetero) is 1. The van der Waals surface area contributed by atoms with Gasteiger partial charge in [-0.1, -0.05) is 11.3 Å². The second-order valence-corrected chi connectivity index (χ2v) is 8.64. The molecule has 4 aromatic rings. The molecular weight excluding hydrogens is 480 g/mol. The van der Waals surface area contributed by atoms with Crippen molar-refractivity contribution in [1.82, 2.24) is 4.98 Å². The summed E-state index contributed by atoms with van der Waals surface area (Å²) in [4.78, 5) is 42.2. The van der Waals surface area contributed by atoms with Crippen LogP contribution in [0.5, 0.6) is 0 Å². The van der Waals surface area contributed by atoms with Crippen LogP contribution in [0.1, 0.15) is 17.2 Å². The molecular formula is C24H13F2N3O5S. The first-order valence-electron chi connectivity index (χ1n) is 10.1. The van der Waals surface area contributed by atoms with Crippen LogP contribution in [0.4, 0.5) is 19.6 Å². The Kier molecular flexibility index (Phi) is 5.33. The topological polar surface area (TPSA) is 114 Å². The van der Waals surface area contributed by atoms with Gasteiger partial charge in [-0.15, -0.1) is 0 Å². The van der Waals surface area contributed by atoms with Crippen molar-refractivity contribution >= 4 is 49.8 Å². The first-order valence-corrected chi connectivity index (χ1v) is 10.9. The molecule has 0 radical (unpaired) electrons. The first-order chi connectivity index (χ1) is 16.7. The molecule has 0 saturated carbocycles. The van der Waals surface area contributed by atoms with E-state index in [0.29, 0.717) is 15.8 Å². The van der Waals surface area contributed by atoms with Crippen molar-refractivity contribution in [2.75, 3.05) is 4.90 Å². The number of nitro groups is 1. The molecule has 1 N–H and O–H groups in total. The van der Waals surface area contributed by atoms with Gasteiger partial charge >= 0.3 is 5.91 Å². The molecule has 35 heavy (non-hydrogen) atoms. The summed E-state index contributed by atoms with van der Waals surface area (Å²) in [6.45, 7) is 0. The predicted molar refractivity (Wildman–Crippen MR) is 124 cm³/mol. The number of aromatic nitrogens is 1. The van der Waals surface area contributed by atoms with E-state index in [1.165, 1.54) is 54.6 Å². The number of carbonyl (C=O) groups excluding carboxylic acids is 2. The minimum Gasteiger partial charge on any atom is -0.507 e. The lowest BCUT2D eigenvalue weighted by molar-refractivity contribution is -0.384. The first kappa shape index (κ1) is 22.3. The van der Waals surface area contributed by atoms with Crippen molar-refractivity contribution in [3.8, 4) is 0 Å². The van der Waals surface area contributed by atoms with Crippen LogP contribution in [0.3, 0.4) is 0 Å². The van der Waals surface area contributed by atoms with Gasteiger partial charge in [0, 0.05) is 17.7 Å². The summed E-state index contributed by atoms with van der Waals surface area (Å²) in [5, 5.41) is 22.2. The molecule has 1 amide bonds. The maximum absolute atomic E-state index is 13.7. The highest BCUT2D eigenvalue weighted by atomic mass is 32.1. The molecule has 1 fully saturated rings. The van der Waals surface area contributed by atoms with Crippen molar-refractivity contribution in [3.63, 3.8) is 0 Å². The number of ketones is 1. The Morgan fingerprint density at radius 1 is 1.00 bits per heavy atom. The average molecular weight is 493 g/mol. The number of thiazole rings is 1. The van der Waals surface area contributed by atoms with Gasteiger partial charge in [0.25, 0.3) is 11.5 Å². The van der Waals surface area contributed by atoms with E-state index in [0.717, 1.165) is 28.4 Å². The Bertz CT molecular complexity index is 1550. The molecule has 0 aliphatic carbocycles. The Balaban J connectivity index is 1.72. The fourth-order valence-electron chi connectivity index (χ4n) is 3.88. The van der Waals surface area contributed by atoms with Gasteiger partial charge in [0.2, 0.25) is 0 Å². The zero-order valence-electron chi connectivity index (χ0n) is 17.5. The van der Waals surface area contributed by atoms with Gasteiger partial charge in [0.15, 0.2) is 5.13 Å². The lowest BCUT2D eigenvalue weighted by Gasteiger charge is -2.22. The van der Waals surface area contributed by atoms with E-state index in [2.05, 4.69) is 4.98 Å². The van der Waals surface area contributed by atoms with Crippen molar-refractivity contribution in [1.29, 1.82) is 0 Å². The van der Waals surface area contributed by atoms with E-state index in [9.17, 15) is 33.6 Å². The fourth-order valence-corrected chi connectivity index (χ4v) is 4.89. The van der Waals surface area contributed by atoms with Crippen LogP contribution in [0.2, 0.25) is 0 Å².